The van der Waals surface area contributed by atoms with Crippen molar-refractivity contribution >= 4 is 22.6 Å². The predicted octanol–water partition coefficient (Wildman–Crippen LogP) is 4.13. The molecule has 4 unspecified atom stereocenters. The third kappa shape index (κ3) is 1.32. The van der Waals surface area contributed by atoms with Gasteiger partial charge in [-0.25, -0.2) is 9.37 Å². The van der Waals surface area contributed by atoms with Gasteiger partial charge in [0.1, 0.15) is 11.6 Å². The molecule has 2 nitrogen and oxygen atoms in total. The van der Waals surface area contributed by atoms with Crippen molar-refractivity contribution in [2.75, 3.05) is 0 Å². The summed E-state index contributed by atoms with van der Waals surface area (Å²) in [5, 5.41) is 0. The molecule has 0 N–H and O–H groups in total. The van der Waals surface area contributed by atoms with Crippen molar-refractivity contribution in [2.24, 2.45) is 23.7 Å². The van der Waals surface area contributed by atoms with Gasteiger partial charge in [0, 0.05) is 12.1 Å². The predicted molar refractivity (Wildman–Crippen MR) is 76.1 cm³/mol. The highest BCUT2D eigenvalue weighted by atomic mass is 35.5. The van der Waals surface area contributed by atoms with E-state index in [1.165, 1.54) is 31.4 Å². The first-order chi connectivity index (χ1) is 9.78. The van der Waals surface area contributed by atoms with Crippen molar-refractivity contribution in [3.63, 3.8) is 0 Å². The summed E-state index contributed by atoms with van der Waals surface area (Å²) in [5.41, 5.74) is 1.80. The van der Waals surface area contributed by atoms with E-state index in [2.05, 4.69) is 9.55 Å². The van der Waals surface area contributed by atoms with E-state index in [-0.39, 0.29) is 5.82 Å². The van der Waals surface area contributed by atoms with Crippen molar-refractivity contribution in [1.29, 1.82) is 0 Å². The lowest BCUT2D eigenvalue weighted by Crippen LogP contribution is -2.07. The molecule has 0 aliphatic heterocycles. The Balaban J connectivity index is 1.65. The van der Waals surface area contributed by atoms with Crippen molar-refractivity contribution in [1.82, 2.24) is 9.55 Å². The Morgan fingerprint density at radius 2 is 2.00 bits per heavy atom. The van der Waals surface area contributed by atoms with Gasteiger partial charge in [-0.3, -0.25) is 0 Å². The first kappa shape index (κ1) is 11.6. The van der Waals surface area contributed by atoms with Crippen molar-refractivity contribution < 1.29 is 4.39 Å². The zero-order valence-electron chi connectivity index (χ0n) is 11.1. The van der Waals surface area contributed by atoms with Crippen LogP contribution in [0.2, 0.25) is 0 Å². The van der Waals surface area contributed by atoms with Gasteiger partial charge >= 0.3 is 0 Å². The van der Waals surface area contributed by atoms with Gasteiger partial charge in [0.25, 0.3) is 0 Å². The fraction of sp³-hybridized carbons (Fsp3) is 0.562. The fourth-order valence-corrected chi connectivity index (χ4v) is 5.36. The van der Waals surface area contributed by atoms with Crippen LogP contribution in [-0.2, 0) is 5.88 Å². The summed E-state index contributed by atoms with van der Waals surface area (Å²) >= 11 is 6.08. The molecule has 4 heteroatoms. The summed E-state index contributed by atoms with van der Waals surface area (Å²) in [6.07, 6.45) is 4.24. The Kier molecular flexibility index (Phi) is 2.17. The fourth-order valence-electron chi connectivity index (χ4n) is 5.17. The molecule has 0 amide bonds. The van der Waals surface area contributed by atoms with Gasteiger partial charge in [-0.05, 0) is 55.1 Å². The second kappa shape index (κ2) is 3.76. The quantitative estimate of drug-likeness (QED) is 0.760. The Bertz CT molecular complexity index is 694. The zero-order chi connectivity index (χ0) is 13.4. The van der Waals surface area contributed by atoms with E-state index in [0.717, 1.165) is 40.5 Å². The van der Waals surface area contributed by atoms with Crippen LogP contribution in [0.5, 0.6) is 0 Å². The Labute approximate surface area is 121 Å². The number of hydrogen-bond donors (Lipinski definition) is 0. The molecule has 3 aliphatic carbocycles. The molecule has 3 fully saturated rings. The zero-order valence-corrected chi connectivity index (χ0v) is 11.9. The maximum Gasteiger partial charge on any atom is 0.125 e. The number of aromatic nitrogens is 2. The summed E-state index contributed by atoms with van der Waals surface area (Å²) < 4.78 is 15.7. The number of hydrogen-bond acceptors (Lipinski definition) is 1. The van der Waals surface area contributed by atoms with Crippen LogP contribution in [0.1, 0.15) is 31.1 Å². The first-order valence-corrected chi connectivity index (χ1v) is 8.03. The SMILES string of the molecule is Fc1ccc2c(c1)nc(CCl)n2C1C2C3CCC(C3)C21. The molecular weight excluding hydrogens is 275 g/mol. The van der Waals surface area contributed by atoms with Crippen molar-refractivity contribution in [3.8, 4) is 0 Å². The number of halogens is 2. The molecule has 2 aromatic rings. The standard InChI is InChI=1S/C16H16ClFN2/c17-7-13-19-11-6-10(18)3-4-12(11)20(13)16-14-8-1-2-9(5-8)15(14)16/h3-4,6,8-9,14-16H,1-2,5,7H2. The number of fused-ring (bicyclic) bond motifs is 6. The lowest BCUT2D eigenvalue weighted by atomic mass is 10.0. The summed E-state index contributed by atoms with van der Waals surface area (Å²) in [5.74, 6) is 4.58. The first-order valence-electron chi connectivity index (χ1n) is 7.50. The summed E-state index contributed by atoms with van der Waals surface area (Å²) in [6.45, 7) is 0. The molecule has 3 saturated carbocycles. The molecule has 5 rings (SSSR count). The van der Waals surface area contributed by atoms with E-state index in [1.807, 2.05) is 6.07 Å². The van der Waals surface area contributed by atoms with Crippen LogP contribution in [0.3, 0.4) is 0 Å². The molecule has 0 radical (unpaired) electrons. The highest BCUT2D eigenvalue weighted by Gasteiger charge is 2.66. The van der Waals surface area contributed by atoms with Gasteiger partial charge in [0.2, 0.25) is 0 Å². The Morgan fingerprint density at radius 1 is 1.25 bits per heavy atom. The Morgan fingerprint density at radius 3 is 2.70 bits per heavy atom. The highest BCUT2D eigenvalue weighted by molar-refractivity contribution is 6.16. The number of alkyl halides is 1. The molecule has 4 atom stereocenters. The average Bonchev–Trinajstić information content (AvgIpc) is 2.80. The van der Waals surface area contributed by atoms with Crippen LogP contribution in [0, 0.1) is 29.5 Å². The second-order valence-electron chi connectivity index (χ2n) is 6.64. The maximum absolute atomic E-state index is 13.4. The Hall–Kier alpha value is -1.09. The number of nitrogens with zero attached hydrogens (tertiary/aromatic N) is 2. The molecular formula is C16H16ClFN2. The van der Waals surface area contributed by atoms with Crippen LogP contribution in [0.4, 0.5) is 4.39 Å². The van der Waals surface area contributed by atoms with Crippen molar-refractivity contribution in [2.45, 2.75) is 31.2 Å². The van der Waals surface area contributed by atoms with Gasteiger partial charge in [-0.2, -0.15) is 0 Å². The normalized spacial score (nSPS) is 37.6. The van der Waals surface area contributed by atoms with Crippen LogP contribution >= 0.6 is 11.6 Å². The summed E-state index contributed by atoms with van der Waals surface area (Å²) in [7, 11) is 0. The van der Waals surface area contributed by atoms with Crippen molar-refractivity contribution in [3.05, 3.63) is 29.8 Å². The van der Waals surface area contributed by atoms with Gasteiger partial charge < -0.3 is 4.57 Å². The minimum Gasteiger partial charge on any atom is -0.323 e. The lowest BCUT2D eigenvalue weighted by Gasteiger charge is -2.13. The van der Waals surface area contributed by atoms with Crippen LogP contribution in [0.15, 0.2) is 18.2 Å². The number of rotatable bonds is 2. The van der Waals surface area contributed by atoms with E-state index >= 15 is 0 Å². The molecule has 0 saturated heterocycles. The van der Waals surface area contributed by atoms with Crippen LogP contribution in [0.25, 0.3) is 11.0 Å². The van der Waals surface area contributed by atoms with E-state index in [9.17, 15) is 4.39 Å². The smallest absolute Gasteiger partial charge is 0.125 e. The van der Waals surface area contributed by atoms with Gasteiger partial charge in [0.05, 0.1) is 16.9 Å². The van der Waals surface area contributed by atoms with Gasteiger partial charge in [-0.15, -0.1) is 11.6 Å². The molecule has 104 valence electrons. The average molecular weight is 291 g/mol. The highest BCUT2D eigenvalue weighted by Crippen LogP contribution is 2.72. The third-order valence-corrected chi connectivity index (χ3v) is 6.08. The van der Waals surface area contributed by atoms with Crippen LogP contribution < -0.4 is 0 Å². The molecule has 1 heterocycles. The van der Waals surface area contributed by atoms with E-state index in [4.69, 9.17) is 11.6 Å². The van der Waals surface area contributed by atoms with E-state index < -0.39 is 0 Å². The minimum atomic E-state index is -0.223. The molecule has 1 aromatic heterocycles. The molecule has 1 aromatic carbocycles. The summed E-state index contributed by atoms with van der Waals surface area (Å²) in [6, 6.07) is 5.49. The summed E-state index contributed by atoms with van der Waals surface area (Å²) in [4.78, 5) is 4.54. The molecule has 3 aliphatic rings. The number of benzene rings is 1. The lowest BCUT2D eigenvalue weighted by molar-refractivity contribution is 0.454. The second-order valence-corrected chi connectivity index (χ2v) is 6.91. The monoisotopic (exact) mass is 290 g/mol. The third-order valence-electron chi connectivity index (χ3n) is 5.84. The molecule has 0 spiro atoms. The van der Waals surface area contributed by atoms with Gasteiger partial charge in [0.15, 0.2) is 0 Å². The molecule has 2 bridgehead atoms. The van der Waals surface area contributed by atoms with E-state index in [1.54, 1.807) is 0 Å². The van der Waals surface area contributed by atoms with Gasteiger partial charge in [-0.1, -0.05) is 0 Å². The topological polar surface area (TPSA) is 17.8 Å². The number of imidazole rings is 1. The largest absolute Gasteiger partial charge is 0.323 e. The van der Waals surface area contributed by atoms with E-state index in [0.29, 0.717) is 11.9 Å². The maximum atomic E-state index is 13.4. The minimum absolute atomic E-state index is 0.223. The molecule has 20 heavy (non-hydrogen) atoms. The van der Waals surface area contributed by atoms with Crippen LogP contribution in [-0.4, -0.2) is 9.55 Å².